The van der Waals surface area contributed by atoms with Crippen LogP contribution < -0.4 is 4.74 Å². The van der Waals surface area contributed by atoms with Gasteiger partial charge in [0, 0.05) is 16.7 Å². The molecule has 0 unspecified atom stereocenters. The first-order chi connectivity index (χ1) is 10.4. The van der Waals surface area contributed by atoms with E-state index in [0.29, 0.717) is 11.5 Å². The highest BCUT2D eigenvalue weighted by molar-refractivity contribution is 6.31. The Morgan fingerprint density at radius 1 is 1.09 bits per heavy atom. The lowest BCUT2D eigenvalue weighted by Crippen LogP contribution is -2.42. The molecule has 112 valence electrons. The summed E-state index contributed by atoms with van der Waals surface area (Å²) < 4.78 is 6.15. The molecule has 1 heterocycles. The summed E-state index contributed by atoms with van der Waals surface area (Å²) in [6.45, 7) is 6.16. The topological polar surface area (TPSA) is 26.3 Å². The number of ketones is 1. The van der Waals surface area contributed by atoms with E-state index in [9.17, 15) is 4.79 Å². The van der Waals surface area contributed by atoms with Crippen molar-refractivity contribution < 1.29 is 9.53 Å². The number of hydrogen-bond acceptors (Lipinski definition) is 2. The summed E-state index contributed by atoms with van der Waals surface area (Å²) in [6, 6.07) is 13.6. The normalized spacial score (nSPS) is 28.3. The molecular formula is C19H17ClO2. The molecule has 22 heavy (non-hydrogen) atoms. The summed E-state index contributed by atoms with van der Waals surface area (Å²) in [5.41, 5.74) is 2.63. The molecule has 4 rings (SSSR count). The quantitative estimate of drug-likeness (QED) is 0.710. The van der Waals surface area contributed by atoms with Crippen LogP contribution in [0.1, 0.15) is 53.7 Å². The lowest BCUT2D eigenvalue weighted by Gasteiger charge is -2.29. The third-order valence-electron chi connectivity index (χ3n) is 5.08. The van der Waals surface area contributed by atoms with Gasteiger partial charge in [0.2, 0.25) is 5.06 Å². The lowest BCUT2D eigenvalue weighted by molar-refractivity contribution is 0.0747. The van der Waals surface area contributed by atoms with Gasteiger partial charge in [0.1, 0.15) is 11.2 Å². The molecule has 2 aromatic rings. The van der Waals surface area contributed by atoms with Gasteiger partial charge in [-0.15, -0.1) is 0 Å². The monoisotopic (exact) mass is 312 g/mol. The number of hydrogen-bond donors (Lipinski definition) is 0. The second-order valence-electron chi connectivity index (χ2n) is 6.61. The smallest absolute Gasteiger partial charge is 0.225 e. The zero-order valence-electron chi connectivity index (χ0n) is 12.8. The minimum atomic E-state index is -1.14. The van der Waals surface area contributed by atoms with Crippen molar-refractivity contribution in [1.82, 2.24) is 0 Å². The van der Waals surface area contributed by atoms with Gasteiger partial charge < -0.3 is 4.74 Å². The second-order valence-corrected chi connectivity index (χ2v) is 7.14. The molecule has 2 nitrogen and oxygen atoms in total. The van der Waals surface area contributed by atoms with Gasteiger partial charge >= 0.3 is 0 Å². The number of alkyl halides is 1. The van der Waals surface area contributed by atoms with Crippen LogP contribution in [-0.4, -0.2) is 5.78 Å². The Bertz CT molecular complexity index is 811. The largest absolute Gasteiger partial charge is 0.466 e. The number of halogens is 1. The molecule has 0 saturated carbocycles. The van der Waals surface area contributed by atoms with Crippen molar-refractivity contribution in [3.8, 4) is 5.75 Å². The van der Waals surface area contributed by atoms with Crippen molar-refractivity contribution in [1.29, 1.82) is 0 Å². The minimum Gasteiger partial charge on any atom is -0.466 e. The van der Waals surface area contributed by atoms with Gasteiger partial charge in [-0.2, -0.15) is 0 Å². The molecule has 0 saturated heterocycles. The van der Waals surface area contributed by atoms with Gasteiger partial charge in [-0.3, -0.25) is 4.79 Å². The molecule has 2 aromatic carbocycles. The van der Waals surface area contributed by atoms with Crippen LogP contribution in [0.25, 0.3) is 0 Å². The third-order valence-corrected chi connectivity index (χ3v) is 5.74. The zero-order chi connectivity index (χ0) is 15.7. The number of fused-ring (bicyclic) bond motifs is 5. The van der Waals surface area contributed by atoms with Gasteiger partial charge in [0.15, 0.2) is 5.78 Å². The molecule has 1 aliphatic heterocycles. The van der Waals surface area contributed by atoms with E-state index < -0.39 is 10.5 Å². The Hall–Kier alpha value is -1.80. The number of benzene rings is 2. The maximum atomic E-state index is 13.0. The number of rotatable bonds is 1. The highest BCUT2D eigenvalue weighted by Crippen LogP contribution is 2.62. The van der Waals surface area contributed by atoms with Crippen molar-refractivity contribution in [2.45, 2.75) is 37.2 Å². The molecule has 0 fully saturated rings. The summed E-state index contributed by atoms with van der Waals surface area (Å²) in [5, 5.41) is -1.14. The molecule has 0 N–H and O–H groups in total. The van der Waals surface area contributed by atoms with Gasteiger partial charge in [0.25, 0.3) is 0 Å². The van der Waals surface area contributed by atoms with Crippen LogP contribution in [-0.2, 0) is 10.5 Å². The van der Waals surface area contributed by atoms with Crippen LogP contribution >= 0.6 is 11.6 Å². The molecule has 1 aliphatic carbocycles. The molecule has 2 aliphatic rings. The van der Waals surface area contributed by atoms with Crippen LogP contribution in [0.3, 0.4) is 0 Å². The third kappa shape index (κ3) is 1.39. The Labute approximate surface area is 135 Å². The van der Waals surface area contributed by atoms with Crippen molar-refractivity contribution in [2.24, 2.45) is 0 Å². The summed E-state index contributed by atoms with van der Waals surface area (Å²) in [7, 11) is 0. The summed E-state index contributed by atoms with van der Waals surface area (Å²) in [5.74, 6) is 1.16. The van der Waals surface area contributed by atoms with Crippen molar-refractivity contribution in [3.05, 3.63) is 64.7 Å². The molecule has 0 amide bonds. The Morgan fingerprint density at radius 3 is 2.55 bits per heavy atom. The molecule has 2 atom stereocenters. The summed E-state index contributed by atoms with van der Waals surface area (Å²) >= 11 is 6.89. The maximum absolute atomic E-state index is 13.0. The molecule has 0 aromatic heterocycles. The minimum absolute atomic E-state index is 0.0362. The van der Waals surface area contributed by atoms with Gasteiger partial charge in [-0.05, 0) is 24.5 Å². The predicted octanol–water partition coefficient (Wildman–Crippen LogP) is 4.75. The number of Topliss-reactive ketones (excluding diaryl/α,β-unsaturated/α-hetero) is 1. The first kappa shape index (κ1) is 13.8. The highest BCUT2D eigenvalue weighted by Gasteiger charge is 2.67. The van der Waals surface area contributed by atoms with Crippen molar-refractivity contribution in [2.75, 3.05) is 0 Å². The van der Waals surface area contributed by atoms with Crippen LogP contribution in [0.2, 0.25) is 0 Å². The van der Waals surface area contributed by atoms with E-state index in [2.05, 4.69) is 19.9 Å². The fraction of sp³-hybridized carbons (Fsp3) is 0.316. The van der Waals surface area contributed by atoms with E-state index >= 15 is 0 Å². The van der Waals surface area contributed by atoms with Crippen LogP contribution in [0.5, 0.6) is 5.75 Å². The van der Waals surface area contributed by atoms with E-state index in [0.717, 1.165) is 16.9 Å². The highest BCUT2D eigenvalue weighted by atomic mass is 35.5. The first-order valence-electron chi connectivity index (χ1n) is 7.56. The van der Waals surface area contributed by atoms with Crippen molar-refractivity contribution >= 4 is 17.4 Å². The second kappa shape index (κ2) is 4.14. The first-order valence-corrected chi connectivity index (χ1v) is 7.94. The number of carbonyl (C=O) groups excluding carboxylic acids is 1. The molecule has 0 bridgehead atoms. The predicted molar refractivity (Wildman–Crippen MR) is 86.8 cm³/mol. The van der Waals surface area contributed by atoms with Gasteiger partial charge in [-0.1, -0.05) is 61.8 Å². The average Bonchev–Trinajstić information content (AvgIpc) is 2.84. The Morgan fingerprint density at radius 2 is 1.82 bits per heavy atom. The van der Waals surface area contributed by atoms with E-state index in [-0.39, 0.29) is 5.78 Å². The van der Waals surface area contributed by atoms with Crippen molar-refractivity contribution in [3.63, 3.8) is 0 Å². The van der Waals surface area contributed by atoms with Gasteiger partial charge in [0.05, 0.1) is 0 Å². The average molecular weight is 313 g/mol. The SMILES string of the molecule is CC(C)c1ccc2c(c1)O[C@@]1(Cl)c3ccccc3C(=O)[C@@]21C. The number of carbonyl (C=O) groups is 1. The lowest BCUT2D eigenvalue weighted by atomic mass is 9.77. The fourth-order valence-electron chi connectivity index (χ4n) is 3.65. The van der Waals surface area contributed by atoms with E-state index in [1.165, 1.54) is 5.56 Å². The number of ether oxygens (including phenoxy) is 1. The van der Waals surface area contributed by atoms with E-state index in [4.69, 9.17) is 16.3 Å². The van der Waals surface area contributed by atoms with Crippen LogP contribution in [0, 0.1) is 0 Å². The molecule has 0 spiro atoms. The molecule has 0 radical (unpaired) electrons. The van der Waals surface area contributed by atoms with E-state index in [1.807, 2.05) is 43.3 Å². The van der Waals surface area contributed by atoms with Crippen LogP contribution in [0.4, 0.5) is 0 Å². The Kier molecular flexibility index (Phi) is 2.60. The Balaban J connectivity index is 1.97. The van der Waals surface area contributed by atoms with Gasteiger partial charge in [-0.25, -0.2) is 0 Å². The molecular weight excluding hydrogens is 296 g/mol. The maximum Gasteiger partial charge on any atom is 0.225 e. The zero-order valence-corrected chi connectivity index (χ0v) is 13.6. The van der Waals surface area contributed by atoms with E-state index in [1.54, 1.807) is 0 Å². The fourth-order valence-corrected chi connectivity index (χ4v) is 4.08. The summed E-state index contributed by atoms with van der Waals surface area (Å²) in [6.07, 6.45) is 0. The summed E-state index contributed by atoms with van der Waals surface area (Å²) in [4.78, 5) is 13.0. The van der Waals surface area contributed by atoms with Crippen LogP contribution in [0.15, 0.2) is 42.5 Å². The standard InChI is InChI=1S/C19H17ClO2/c1-11(2)12-8-9-15-16(10-12)22-19(20)14-7-5-4-6-13(14)17(21)18(15,19)3/h4-11H,1-3H3/t18-,19+/m1/s1. The molecule has 3 heteroatoms.